The maximum absolute atomic E-state index is 7.16. The molecule has 0 spiro atoms. The molecule has 4 aliphatic rings. The van der Waals surface area contributed by atoms with Gasteiger partial charge in [-0.1, -0.05) is 168 Å². The number of rotatable bonds is 7. The fourth-order valence-electron chi connectivity index (χ4n) is 8.50. The highest BCUT2D eigenvalue weighted by atomic mass is 16.5. The van der Waals surface area contributed by atoms with Crippen molar-refractivity contribution in [2.75, 3.05) is 13.2 Å². The summed E-state index contributed by atoms with van der Waals surface area (Å²) < 4.78 is 13.5. The number of fused-ring (bicyclic) bond motifs is 4. The molecule has 4 aromatic carbocycles. The van der Waals surface area contributed by atoms with Crippen molar-refractivity contribution in [3.05, 3.63) is 166 Å². The molecule has 278 valence electrons. The zero-order valence-electron chi connectivity index (χ0n) is 27.8. The van der Waals surface area contributed by atoms with E-state index < -0.39 is 11.2 Å². The third kappa shape index (κ3) is 6.50. The first-order valence-electron chi connectivity index (χ1n) is 16.7. The number of ether oxygens (including phenoxy) is 2. The van der Waals surface area contributed by atoms with Gasteiger partial charge in [0.15, 0.2) is 0 Å². The van der Waals surface area contributed by atoms with Crippen LogP contribution < -0.4 is 0 Å². The van der Waals surface area contributed by atoms with Crippen molar-refractivity contribution < 1.29 is 9.47 Å². The predicted octanol–water partition coefficient (Wildman–Crippen LogP) is 14.2. The van der Waals surface area contributed by atoms with Crippen molar-refractivity contribution in [1.82, 2.24) is 0 Å². The first-order valence-corrected chi connectivity index (χ1v) is 16.7. The summed E-state index contributed by atoms with van der Waals surface area (Å²) in [5, 5.41) is 0. The van der Waals surface area contributed by atoms with Gasteiger partial charge in [0, 0.05) is 17.4 Å². The average molecular weight is 699 g/mol. The molecule has 4 aromatic rings. The Bertz CT molecular complexity index is 2040. The van der Waals surface area contributed by atoms with Gasteiger partial charge in [0.25, 0.3) is 0 Å². The van der Waals surface area contributed by atoms with Gasteiger partial charge in [-0.05, 0) is 107 Å². The van der Waals surface area contributed by atoms with Gasteiger partial charge in [0.1, 0.15) is 11.2 Å². The van der Waals surface area contributed by atoms with Gasteiger partial charge in [0.05, 0.1) is 6.61 Å². The summed E-state index contributed by atoms with van der Waals surface area (Å²) in [5.41, 5.74) is 14.0. The molecule has 0 N–H and O–H groups in total. The molecule has 0 heterocycles. The minimum atomic E-state index is -0.560. The number of allylic oxidation sites excluding steroid dienone is 5. The van der Waals surface area contributed by atoms with Gasteiger partial charge < -0.3 is 9.47 Å². The fourth-order valence-corrected chi connectivity index (χ4v) is 8.50. The summed E-state index contributed by atoms with van der Waals surface area (Å²) in [6.07, 6.45) is 9.60. The molecule has 3 atom stereocenters. The van der Waals surface area contributed by atoms with E-state index in [0.29, 0.717) is 13.2 Å². The fraction of sp³-hybridized carbons (Fsp3) is 0.360. The molecule has 0 saturated heterocycles. The lowest BCUT2D eigenvalue weighted by atomic mass is 9.85. The molecule has 2 nitrogen and oxygen atoms in total. The highest BCUT2D eigenvalue weighted by Crippen LogP contribution is 2.55. The summed E-state index contributed by atoms with van der Waals surface area (Å²) in [6, 6.07) is 35.2. The average Bonchev–Trinajstić information content (AvgIpc) is 3.73. The second-order valence-corrected chi connectivity index (χ2v) is 14.5. The molecule has 0 radical (unpaired) electrons. The van der Waals surface area contributed by atoms with E-state index in [1.54, 1.807) is 0 Å². The Kier molecular flexibility index (Phi) is 13.0. The summed E-state index contributed by atoms with van der Waals surface area (Å²) in [6.45, 7) is 14.7. The highest BCUT2D eigenvalue weighted by Gasteiger charge is 2.44. The smallest absolute Gasteiger partial charge is 0.110 e. The van der Waals surface area contributed by atoms with E-state index in [4.69, 9.17) is 9.47 Å². The van der Waals surface area contributed by atoms with Crippen LogP contribution >= 0.6 is 0 Å². The molecule has 8 rings (SSSR count). The monoisotopic (exact) mass is 699 g/mol. The molecule has 4 aliphatic carbocycles. The van der Waals surface area contributed by atoms with Crippen LogP contribution in [0.1, 0.15) is 131 Å². The van der Waals surface area contributed by atoms with Crippen molar-refractivity contribution in [3.8, 4) is 0 Å². The Morgan fingerprint density at radius 3 is 1.23 bits per heavy atom. The van der Waals surface area contributed by atoms with Crippen LogP contribution in [0.25, 0.3) is 22.3 Å². The molecule has 0 bridgehead atoms. The molecule has 0 aromatic heterocycles. The number of benzene rings is 4. The Balaban J connectivity index is 0.00000156. The lowest BCUT2D eigenvalue weighted by molar-refractivity contribution is -0.0134. The molecule has 0 fully saturated rings. The Hall–Kier alpha value is -4.24. The molecule has 3 unspecified atom stereocenters. The van der Waals surface area contributed by atoms with Crippen LogP contribution in [0.2, 0.25) is 0 Å². The standard InChI is InChI=1S/C44H42O2.6CH4/c1-7-45-43(5)26-36(32-19-10-14-22-39(32)43)34-25-42(4,38-21-13-9-17-30(34)38)28-46-44(6)27-35(31-18-11-15-23-40(31)44)33-24-41(2,3)37-20-12-8-16-29(33)37;;;;;;/h8-27H,7,28H2,1-6H3;6*1H4. The normalized spacial score (nSPS) is 23.4. The first kappa shape index (κ1) is 43.9. The molecular formula is C50H66O2. The van der Waals surface area contributed by atoms with E-state index in [2.05, 4.69) is 163 Å². The van der Waals surface area contributed by atoms with Crippen molar-refractivity contribution >= 4 is 22.3 Å². The third-order valence-electron chi connectivity index (χ3n) is 10.8. The number of hydrogen-bond acceptors (Lipinski definition) is 2. The van der Waals surface area contributed by atoms with Crippen LogP contribution in [0.4, 0.5) is 0 Å². The molecule has 0 amide bonds. The van der Waals surface area contributed by atoms with Gasteiger partial charge in [-0.3, -0.25) is 0 Å². The van der Waals surface area contributed by atoms with E-state index in [1.165, 1.54) is 66.8 Å². The van der Waals surface area contributed by atoms with Crippen LogP contribution in [-0.2, 0) is 31.5 Å². The van der Waals surface area contributed by atoms with Gasteiger partial charge in [-0.15, -0.1) is 0 Å². The second-order valence-electron chi connectivity index (χ2n) is 14.5. The van der Waals surface area contributed by atoms with Crippen molar-refractivity contribution in [3.63, 3.8) is 0 Å². The van der Waals surface area contributed by atoms with Crippen molar-refractivity contribution in [2.24, 2.45) is 0 Å². The van der Waals surface area contributed by atoms with Gasteiger partial charge in [-0.2, -0.15) is 0 Å². The largest absolute Gasteiger partial charge is 0.367 e. The van der Waals surface area contributed by atoms with Crippen molar-refractivity contribution in [2.45, 2.75) is 108 Å². The Labute approximate surface area is 318 Å². The first-order chi connectivity index (χ1) is 22.1. The van der Waals surface area contributed by atoms with Gasteiger partial charge in [-0.25, -0.2) is 0 Å². The zero-order chi connectivity index (χ0) is 31.9. The zero-order valence-corrected chi connectivity index (χ0v) is 27.8. The second kappa shape index (κ2) is 15.4. The maximum atomic E-state index is 7.16. The van der Waals surface area contributed by atoms with Crippen LogP contribution in [0.3, 0.4) is 0 Å². The van der Waals surface area contributed by atoms with E-state index >= 15 is 0 Å². The predicted molar refractivity (Wildman–Crippen MR) is 231 cm³/mol. The van der Waals surface area contributed by atoms with Crippen molar-refractivity contribution in [1.29, 1.82) is 0 Å². The molecule has 0 aliphatic heterocycles. The minimum Gasteiger partial charge on any atom is -0.367 e. The molecule has 2 heteroatoms. The Morgan fingerprint density at radius 1 is 0.404 bits per heavy atom. The molecule has 0 saturated carbocycles. The highest BCUT2D eigenvalue weighted by molar-refractivity contribution is 6.11. The summed E-state index contributed by atoms with van der Waals surface area (Å²) >= 11 is 0. The third-order valence-corrected chi connectivity index (χ3v) is 10.8. The molecule has 52 heavy (non-hydrogen) atoms. The molecular weight excluding hydrogens is 633 g/mol. The number of hydrogen-bond donors (Lipinski definition) is 0. The Morgan fingerprint density at radius 2 is 0.750 bits per heavy atom. The summed E-state index contributed by atoms with van der Waals surface area (Å²) in [5.74, 6) is 0. The van der Waals surface area contributed by atoms with E-state index in [1.807, 2.05) is 0 Å². The topological polar surface area (TPSA) is 18.5 Å². The lowest BCUT2D eigenvalue weighted by Gasteiger charge is -2.31. The van der Waals surface area contributed by atoms with Crippen LogP contribution in [0.5, 0.6) is 0 Å². The van der Waals surface area contributed by atoms with Crippen LogP contribution in [0.15, 0.2) is 121 Å². The minimum absolute atomic E-state index is 0. The van der Waals surface area contributed by atoms with Crippen LogP contribution in [-0.4, -0.2) is 13.2 Å². The summed E-state index contributed by atoms with van der Waals surface area (Å²) in [4.78, 5) is 0. The quantitative estimate of drug-likeness (QED) is 0.191. The van der Waals surface area contributed by atoms with Crippen LogP contribution in [0, 0.1) is 0 Å². The lowest BCUT2D eigenvalue weighted by Crippen LogP contribution is -2.31. The van der Waals surface area contributed by atoms with Gasteiger partial charge in [0.2, 0.25) is 0 Å². The SMILES string of the molecule is C.C.C.C.C.C.CCOC1(C)C=C(C2=CC(C)(COC3(C)C=C(C4=CC(C)(C)c5ccccc54)c4ccccc43)c3ccccc32)c2ccccc21. The van der Waals surface area contributed by atoms with Gasteiger partial charge >= 0.3 is 0 Å². The van der Waals surface area contributed by atoms with E-state index in [-0.39, 0.29) is 55.4 Å². The van der Waals surface area contributed by atoms with E-state index in [9.17, 15) is 0 Å². The maximum Gasteiger partial charge on any atom is 0.110 e. The van der Waals surface area contributed by atoms with E-state index in [0.717, 1.165) is 0 Å². The summed E-state index contributed by atoms with van der Waals surface area (Å²) in [7, 11) is 0.